The molecule has 20 heavy (non-hydrogen) atoms. The van der Waals surface area contributed by atoms with Crippen LogP contribution in [-0.4, -0.2) is 44.3 Å². The number of hydrogen-bond acceptors (Lipinski definition) is 5. The van der Waals surface area contributed by atoms with Crippen LogP contribution in [0.15, 0.2) is 28.7 Å². The van der Waals surface area contributed by atoms with Gasteiger partial charge in [0.2, 0.25) is 5.79 Å². The number of rotatable bonds is 5. The first-order valence-corrected chi connectivity index (χ1v) is 8.91. The molecule has 1 aromatic carbocycles. The Bertz CT molecular complexity index is 557. The number of benzene rings is 1. The van der Waals surface area contributed by atoms with Crippen molar-refractivity contribution in [2.24, 2.45) is 0 Å². The van der Waals surface area contributed by atoms with Crippen molar-refractivity contribution in [2.45, 2.75) is 18.8 Å². The monoisotopic (exact) mass is 364 g/mol. The van der Waals surface area contributed by atoms with Crippen molar-refractivity contribution >= 4 is 25.8 Å². The highest BCUT2D eigenvalue weighted by Crippen LogP contribution is 2.36. The van der Waals surface area contributed by atoms with E-state index in [9.17, 15) is 13.5 Å². The molecular weight excluding hydrogens is 348 g/mol. The molecule has 2 rings (SSSR count). The summed E-state index contributed by atoms with van der Waals surface area (Å²) in [7, 11) is -3.29. The number of sulfone groups is 1. The lowest BCUT2D eigenvalue weighted by Crippen LogP contribution is -2.37. The van der Waals surface area contributed by atoms with Crippen molar-refractivity contribution in [3.63, 3.8) is 0 Å². The summed E-state index contributed by atoms with van der Waals surface area (Å²) in [5.74, 6) is -1.57. The summed E-state index contributed by atoms with van der Waals surface area (Å²) in [5.41, 5.74) is 0.633. The molecule has 0 spiro atoms. The minimum Gasteiger partial charge on any atom is -0.394 e. The zero-order chi connectivity index (χ0) is 14.8. The largest absolute Gasteiger partial charge is 0.394 e. The van der Waals surface area contributed by atoms with Crippen LogP contribution < -0.4 is 0 Å². The summed E-state index contributed by atoms with van der Waals surface area (Å²) in [4.78, 5) is 0. The highest BCUT2D eigenvalue weighted by atomic mass is 79.9. The molecule has 2 atom stereocenters. The Morgan fingerprint density at radius 1 is 1.40 bits per heavy atom. The molecule has 1 aliphatic heterocycles. The third-order valence-electron chi connectivity index (χ3n) is 3.20. The van der Waals surface area contributed by atoms with E-state index in [1.807, 2.05) is 0 Å². The molecule has 1 aliphatic rings. The van der Waals surface area contributed by atoms with Crippen LogP contribution in [0.4, 0.5) is 0 Å². The Morgan fingerprint density at radius 3 is 2.55 bits per heavy atom. The Morgan fingerprint density at radius 2 is 2.05 bits per heavy atom. The summed E-state index contributed by atoms with van der Waals surface area (Å²) in [6.45, 7) is 1.55. The van der Waals surface area contributed by atoms with Crippen molar-refractivity contribution in [1.82, 2.24) is 0 Å². The zero-order valence-electron chi connectivity index (χ0n) is 11.1. The Hall–Kier alpha value is -0.470. The highest BCUT2D eigenvalue weighted by Gasteiger charge is 2.46. The maximum atomic E-state index is 12.0. The van der Waals surface area contributed by atoms with Crippen LogP contribution in [0.5, 0.6) is 0 Å². The van der Waals surface area contributed by atoms with Crippen LogP contribution in [0, 0.1) is 0 Å². The topological polar surface area (TPSA) is 72.8 Å². The van der Waals surface area contributed by atoms with Crippen molar-refractivity contribution < 1.29 is 23.0 Å². The van der Waals surface area contributed by atoms with Gasteiger partial charge < -0.3 is 14.6 Å². The molecular formula is C13H17BrO5S. The van der Waals surface area contributed by atoms with Crippen LogP contribution in [0.2, 0.25) is 0 Å². The van der Waals surface area contributed by atoms with Gasteiger partial charge in [-0.25, -0.2) is 8.42 Å². The van der Waals surface area contributed by atoms with E-state index < -0.39 is 21.7 Å². The van der Waals surface area contributed by atoms with E-state index >= 15 is 0 Å². The van der Waals surface area contributed by atoms with Crippen molar-refractivity contribution in [2.75, 3.05) is 24.7 Å². The van der Waals surface area contributed by atoms with Gasteiger partial charge in [0.1, 0.15) is 11.9 Å². The van der Waals surface area contributed by atoms with Gasteiger partial charge in [0.25, 0.3) is 0 Å². The fourth-order valence-corrected chi connectivity index (χ4v) is 3.43. The normalized spacial score (nSPS) is 26.9. The summed E-state index contributed by atoms with van der Waals surface area (Å²) in [5, 5.41) is 9.18. The number of hydrogen-bond donors (Lipinski definition) is 1. The number of aliphatic hydroxyl groups is 1. The van der Waals surface area contributed by atoms with Gasteiger partial charge in [-0.1, -0.05) is 35.0 Å². The molecule has 0 saturated carbocycles. The van der Waals surface area contributed by atoms with Gasteiger partial charge in [-0.05, 0) is 12.1 Å². The smallest absolute Gasteiger partial charge is 0.209 e. The van der Waals surface area contributed by atoms with E-state index in [4.69, 9.17) is 9.47 Å². The maximum absolute atomic E-state index is 12.0. The lowest BCUT2D eigenvalue weighted by molar-refractivity contribution is -0.162. The predicted molar refractivity (Wildman–Crippen MR) is 78.1 cm³/mol. The first kappa shape index (κ1) is 15.9. The molecule has 0 radical (unpaired) electrons. The van der Waals surface area contributed by atoms with Gasteiger partial charge in [-0.15, -0.1) is 0 Å². The molecule has 0 bridgehead atoms. The molecule has 1 N–H and O–H groups in total. The summed E-state index contributed by atoms with van der Waals surface area (Å²) in [6, 6.07) is 7.12. The molecule has 5 nitrogen and oxygen atoms in total. The van der Waals surface area contributed by atoms with Crippen molar-refractivity contribution in [1.29, 1.82) is 0 Å². The second kappa shape index (κ2) is 6.11. The van der Waals surface area contributed by atoms with E-state index in [0.29, 0.717) is 5.56 Å². The Labute approximate surface area is 126 Å². The third kappa shape index (κ3) is 3.40. The maximum Gasteiger partial charge on any atom is 0.209 e. The van der Waals surface area contributed by atoms with Crippen LogP contribution >= 0.6 is 15.9 Å². The van der Waals surface area contributed by atoms with E-state index in [1.165, 1.54) is 0 Å². The van der Waals surface area contributed by atoms with Gasteiger partial charge >= 0.3 is 0 Å². The lowest BCUT2D eigenvalue weighted by atomic mass is 10.1. The lowest BCUT2D eigenvalue weighted by Gasteiger charge is -2.28. The molecule has 7 heteroatoms. The first-order valence-electron chi connectivity index (χ1n) is 6.30. The van der Waals surface area contributed by atoms with E-state index in [1.54, 1.807) is 31.2 Å². The van der Waals surface area contributed by atoms with Gasteiger partial charge in [-0.3, -0.25) is 0 Å². The van der Waals surface area contributed by atoms with Crippen LogP contribution in [0.1, 0.15) is 12.5 Å². The fraction of sp³-hybridized carbons (Fsp3) is 0.538. The van der Waals surface area contributed by atoms with E-state index in [2.05, 4.69) is 15.9 Å². The number of aliphatic hydroxyl groups excluding tert-OH is 1. The molecule has 0 unspecified atom stereocenters. The quantitative estimate of drug-likeness (QED) is 0.855. The molecule has 1 fully saturated rings. The second-order valence-corrected chi connectivity index (χ2v) is 7.94. The number of halogens is 1. The summed E-state index contributed by atoms with van der Waals surface area (Å²) in [6.07, 6.45) is -0.509. The van der Waals surface area contributed by atoms with Crippen molar-refractivity contribution in [3.8, 4) is 0 Å². The standard InChI is InChI=1S/C13H17BrO5S/c1-2-20(16,17)9-13(18-8-12(7-15)19-13)10-3-5-11(14)6-4-10/h3-6,12,15H,2,7-9H2,1H3/t12-,13-/m0/s1. The SMILES string of the molecule is CCS(=O)(=O)C[C@]1(c2ccc(Br)cc2)OC[C@H](CO)O1. The first-order chi connectivity index (χ1) is 9.41. The molecule has 1 saturated heterocycles. The third-order valence-corrected chi connectivity index (χ3v) is 5.43. The van der Waals surface area contributed by atoms with Gasteiger partial charge in [-0.2, -0.15) is 0 Å². The van der Waals surface area contributed by atoms with Gasteiger partial charge in [0.15, 0.2) is 9.84 Å². The van der Waals surface area contributed by atoms with Crippen LogP contribution in [-0.2, 0) is 25.1 Å². The average Bonchev–Trinajstić information content (AvgIpc) is 2.83. The molecule has 112 valence electrons. The molecule has 1 aromatic rings. The number of ether oxygens (including phenoxy) is 2. The minimum atomic E-state index is -3.29. The Balaban J connectivity index is 2.37. The van der Waals surface area contributed by atoms with E-state index in [-0.39, 0.29) is 24.7 Å². The van der Waals surface area contributed by atoms with Gasteiger partial charge in [0, 0.05) is 15.8 Å². The molecule has 0 amide bonds. The zero-order valence-corrected chi connectivity index (χ0v) is 13.5. The summed E-state index contributed by atoms with van der Waals surface area (Å²) < 4.78 is 36.1. The fourth-order valence-electron chi connectivity index (χ4n) is 2.06. The van der Waals surface area contributed by atoms with Crippen LogP contribution in [0.3, 0.4) is 0 Å². The molecule has 0 aromatic heterocycles. The highest BCUT2D eigenvalue weighted by molar-refractivity contribution is 9.10. The second-order valence-electron chi connectivity index (χ2n) is 4.67. The van der Waals surface area contributed by atoms with Crippen LogP contribution in [0.25, 0.3) is 0 Å². The minimum absolute atomic E-state index is 0.0157. The average molecular weight is 365 g/mol. The van der Waals surface area contributed by atoms with E-state index in [0.717, 1.165) is 4.47 Å². The van der Waals surface area contributed by atoms with Gasteiger partial charge in [0.05, 0.1) is 13.2 Å². The summed E-state index contributed by atoms with van der Waals surface area (Å²) >= 11 is 3.33. The Kier molecular flexibility index (Phi) is 4.86. The molecule has 0 aliphatic carbocycles. The van der Waals surface area contributed by atoms with Crippen molar-refractivity contribution in [3.05, 3.63) is 34.3 Å². The predicted octanol–water partition coefficient (Wildman–Crippen LogP) is 1.44. The molecule has 1 heterocycles.